The molecule has 1 rings (SSSR count). The molecule has 3 heteroatoms. The van der Waals surface area contributed by atoms with E-state index in [2.05, 4.69) is 6.08 Å². The first-order valence-corrected chi connectivity index (χ1v) is 2.96. The first kappa shape index (κ1) is 7.38. The van der Waals surface area contributed by atoms with Crippen molar-refractivity contribution >= 4 is 0 Å². The Morgan fingerprint density at radius 3 is 2.30 bits per heavy atom. The fraction of sp³-hybridized carbons (Fsp3) is 0.429. The lowest BCUT2D eigenvalue weighted by atomic mass is 10.1. The molecule has 0 bridgehead atoms. The largest absolute Gasteiger partial charge is 0.416 e. The molecule has 0 unspecified atom stereocenters. The quantitative estimate of drug-likeness (QED) is 0.494. The highest BCUT2D eigenvalue weighted by Gasteiger charge is 2.32. The number of hydrogen-bond donors (Lipinski definition) is 0. The van der Waals surface area contributed by atoms with Gasteiger partial charge in [-0.05, 0) is 18.9 Å². The minimum Gasteiger partial charge on any atom is -0.166 e. The van der Waals surface area contributed by atoms with Gasteiger partial charge < -0.3 is 0 Å². The Balaban J connectivity index is 2.73. The van der Waals surface area contributed by atoms with E-state index < -0.39 is 11.7 Å². The van der Waals surface area contributed by atoms with Gasteiger partial charge in [0.2, 0.25) is 0 Å². The monoisotopic (exact) mass is 147 g/mol. The SMILES string of the molecule is FC(F)(F)C1=CCCC=[C]1. The van der Waals surface area contributed by atoms with Gasteiger partial charge in [-0.25, -0.2) is 0 Å². The molecule has 55 valence electrons. The minimum absolute atomic E-state index is 0.474. The van der Waals surface area contributed by atoms with Gasteiger partial charge in [-0.3, -0.25) is 0 Å². The Morgan fingerprint density at radius 1 is 1.30 bits per heavy atom. The van der Waals surface area contributed by atoms with Crippen LogP contribution in [-0.4, -0.2) is 6.18 Å². The van der Waals surface area contributed by atoms with Gasteiger partial charge in [0.15, 0.2) is 0 Å². The van der Waals surface area contributed by atoms with Gasteiger partial charge >= 0.3 is 6.18 Å². The predicted octanol–water partition coefficient (Wildman–Crippen LogP) is 2.63. The zero-order chi connectivity index (χ0) is 7.61. The molecule has 0 N–H and O–H groups in total. The summed E-state index contributed by atoms with van der Waals surface area (Å²) in [6, 6.07) is 0. The highest BCUT2D eigenvalue weighted by atomic mass is 19.4. The van der Waals surface area contributed by atoms with Gasteiger partial charge in [0.25, 0.3) is 0 Å². The first-order chi connectivity index (χ1) is 4.61. The van der Waals surface area contributed by atoms with E-state index in [4.69, 9.17) is 0 Å². The number of alkyl halides is 3. The molecule has 10 heavy (non-hydrogen) atoms. The molecule has 1 aliphatic carbocycles. The van der Waals surface area contributed by atoms with Crippen LogP contribution in [-0.2, 0) is 0 Å². The summed E-state index contributed by atoms with van der Waals surface area (Å²) in [7, 11) is 0. The van der Waals surface area contributed by atoms with Crippen molar-refractivity contribution in [3.05, 3.63) is 23.8 Å². The lowest BCUT2D eigenvalue weighted by Gasteiger charge is -2.08. The summed E-state index contributed by atoms with van der Waals surface area (Å²) in [5, 5.41) is 0. The number of rotatable bonds is 0. The van der Waals surface area contributed by atoms with E-state index in [-0.39, 0.29) is 0 Å². The van der Waals surface area contributed by atoms with Crippen LogP contribution >= 0.6 is 0 Å². The Morgan fingerprint density at radius 2 is 2.00 bits per heavy atom. The molecule has 1 radical (unpaired) electrons. The summed E-state index contributed by atoms with van der Waals surface area (Å²) < 4.78 is 35.4. The van der Waals surface area contributed by atoms with Crippen molar-refractivity contribution in [1.29, 1.82) is 0 Å². The van der Waals surface area contributed by atoms with Crippen molar-refractivity contribution in [1.82, 2.24) is 0 Å². The number of allylic oxidation sites excluding steroid dienone is 4. The Kier molecular flexibility index (Phi) is 1.83. The van der Waals surface area contributed by atoms with Gasteiger partial charge in [-0.2, -0.15) is 13.2 Å². The molecule has 0 aromatic carbocycles. The average molecular weight is 147 g/mol. The third-order valence-corrected chi connectivity index (χ3v) is 1.22. The maximum Gasteiger partial charge on any atom is 0.416 e. The zero-order valence-electron chi connectivity index (χ0n) is 5.20. The van der Waals surface area contributed by atoms with Crippen LogP contribution in [0.15, 0.2) is 17.7 Å². The van der Waals surface area contributed by atoms with Crippen LogP contribution in [0.3, 0.4) is 0 Å². The Hall–Kier alpha value is -0.730. The first-order valence-electron chi connectivity index (χ1n) is 2.96. The molecule has 0 spiro atoms. The molecule has 0 atom stereocenters. The van der Waals surface area contributed by atoms with Crippen molar-refractivity contribution in [2.24, 2.45) is 0 Å². The van der Waals surface area contributed by atoms with Crippen LogP contribution in [0.4, 0.5) is 13.2 Å². The van der Waals surface area contributed by atoms with E-state index in [1.165, 1.54) is 12.2 Å². The van der Waals surface area contributed by atoms with Gasteiger partial charge in [-0.15, -0.1) is 0 Å². The summed E-state index contributed by atoms with van der Waals surface area (Å²) in [6.07, 6.45) is 1.69. The third-order valence-electron chi connectivity index (χ3n) is 1.22. The van der Waals surface area contributed by atoms with E-state index in [0.717, 1.165) is 0 Å². The molecule has 0 aliphatic heterocycles. The standard InChI is InChI=1S/C7H6F3/c8-7(9,10)6-4-2-1-3-5-6/h2,5H,1,3H2. The lowest BCUT2D eigenvalue weighted by molar-refractivity contribution is -0.0894. The van der Waals surface area contributed by atoms with Gasteiger partial charge in [-0.1, -0.05) is 12.2 Å². The molecular weight excluding hydrogens is 141 g/mol. The zero-order valence-corrected chi connectivity index (χ0v) is 5.20. The van der Waals surface area contributed by atoms with E-state index in [9.17, 15) is 13.2 Å². The van der Waals surface area contributed by atoms with Crippen molar-refractivity contribution in [3.8, 4) is 0 Å². The highest BCUT2D eigenvalue weighted by molar-refractivity contribution is 5.21. The van der Waals surface area contributed by atoms with Gasteiger partial charge in [0, 0.05) is 0 Å². The topological polar surface area (TPSA) is 0 Å². The molecule has 0 amide bonds. The molecule has 0 aromatic rings. The van der Waals surface area contributed by atoms with Crippen molar-refractivity contribution in [2.45, 2.75) is 19.0 Å². The van der Waals surface area contributed by atoms with Crippen LogP contribution < -0.4 is 0 Å². The average Bonchev–Trinajstić information content (AvgIpc) is 1.88. The summed E-state index contributed by atoms with van der Waals surface area (Å²) in [6.45, 7) is 0. The van der Waals surface area contributed by atoms with Crippen LogP contribution in [0.5, 0.6) is 0 Å². The molecule has 1 aliphatic rings. The van der Waals surface area contributed by atoms with Crippen molar-refractivity contribution in [3.63, 3.8) is 0 Å². The number of hydrogen-bond acceptors (Lipinski definition) is 0. The van der Waals surface area contributed by atoms with E-state index in [1.54, 1.807) is 0 Å². The predicted molar refractivity (Wildman–Crippen MR) is 31.2 cm³/mol. The minimum atomic E-state index is -4.21. The second kappa shape index (κ2) is 2.48. The molecular formula is C7H6F3. The van der Waals surface area contributed by atoms with Crippen molar-refractivity contribution in [2.75, 3.05) is 0 Å². The van der Waals surface area contributed by atoms with Crippen LogP contribution in [0.2, 0.25) is 0 Å². The van der Waals surface area contributed by atoms with Crippen molar-refractivity contribution < 1.29 is 13.2 Å². The molecule has 0 heterocycles. The summed E-state index contributed by atoms with van der Waals surface area (Å²) >= 11 is 0. The fourth-order valence-electron chi connectivity index (χ4n) is 0.750. The Labute approximate surface area is 57.0 Å². The second-order valence-electron chi connectivity index (χ2n) is 2.04. The molecule has 0 aromatic heterocycles. The fourth-order valence-corrected chi connectivity index (χ4v) is 0.750. The van der Waals surface area contributed by atoms with E-state index in [0.29, 0.717) is 12.8 Å². The van der Waals surface area contributed by atoms with E-state index in [1.807, 2.05) is 0 Å². The lowest BCUT2D eigenvalue weighted by Crippen LogP contribution is -2.11. The molecule has 0 fully saturated rings. The number of halogens is 3. The van der Waals surface area contributed by atoms with Gasteiger partial charge in [0.1, 0.15) is 0 Å². The Bertz CT molecular complexity index is 174. The maximum absolute atomic E-state index is 11.8. The van der Waals surface area contributed by atoms with E-state index >= 15 is 0 Å². The summed E-state index contributed by atoms with van der Waals surface area (Å²) in [4.78, 5) is 0. The second-order valence-corrected chi connectivity index (χ2v) is 2.04. The smallest absolute Gasteiger partial charge is 0.166 e. The molecule has 0 nitrogen and oxygen atoms in total. The van der Waals surface area contributed by atoms with Crippen LogP contribution in [0.25, 0.3) is 0 Å². The summed E-state index contributed by atoms with van der Waals surface area (Å²) in [5.41, 5.74) is -0.640. The normalized spacial score (nSPS) is 18.9. The van der Waals surface area contributed by atoms with Crippen LogP contribution in [0.1, 0.15) is 12.8 Å². The summed E-state index contributed by atoms with van der Waals surface area (Å²) in [5.74, 6) is 0. The highest BCUT2D eigenvalue weighted by Crippen LogP contribution is 2.28. The van der Waals surface area contributed by atoms with Gasteiger partial charge in [0.05, 0.1) is 5.57 Å². The maximum atomic E-state index is 11.8. The van der Waals surface area contributed by atoms with Crippen LogP contribution in [0, 0.1) is 6.08 Å². The molecule has 0 saturated heterocycles. The third kappa shape index (κ3) is 1.62. The molecule has 0 saturated carbocycles.